The summed E-state index contributed by atoms with van der Waals surface area (Å²) in [7, 11) is 0. The molecule has 8 nitrogen and oxygen atoms in total. The van der Waals surface area contributed by atoms with Crippen LogP contribution in [0.5, 0.6) is 5.75 Å². The fraction of sp³-hybridized carbons (Fsp3) is 0.304. The molecule has 0 bridgehead atoms. The van der Waals surface area contributed by atoms with E-state index in [0.29, 0.717) is 10.6 Å². The van der Waals surface area contributed by atoms with Crippen LogP contribution >= 0.6 is 11.6 Å². The first-order chi connectivity index (χ1) is 15.1. The number of nitrogens with zero attached hydrogens (tertiary/aromatic N) is 3. The van der Waals surface area contributed by atoms with E-state index in [-0.39, 0.29) is 17.0 Å². The van der Waals surface area contributed by atoms with Crippen LogP contribution in [0.2, 0.25) is 5.02 Å². The molecule has 1 aliphatic heterocycles. The van der Waals surface area contributed by atoms with Crippen LogP contribution in [0.25, 0.3) is 5.57 Å². The average Bonchev–Trinajstić information content (AvgIpc) is 2.73. The maximum Gasteiger partial charge on any atom is 0.310 e. The Hall–Kier alpha value is -3.39. The van der Waals surface area contributed by atoms with E-state index in [1.165, 1.54) is 24.4 Å². The first-order valence-electron chi connectivity index (χ1n) is 10.1. The Morgan fingerprint density at radius 1 is 1.34 bits per heavy atom. The summed E-state index contributed by atoms with van der Waals surface area (Å²) >= 11 is 6.49. The first-order valence-corrected chi connectivity index (χ1v) is 10.5. The highest BCUT2D eigenvalue weighted by atomic mass is 35.5. The molecule has 0 spiro atoms. The third-order valence-corrected chi connectivity index (χ3v) is 5.55. The minimum atomic E-state index is -0.569. The fourth-order valence-electron chi connectivity index (χ4n) is 3.87. The van der Waals surface area contributed by atoms with Crippen molar-refractivity contribution in [2.75, 3.05) is 18.1 Å². The molecule has 32 heavy (non-hydrogen) atoms. The second kappa shape index (κ2) is 9.40. The van der Waals surface area contributed by atoms with Crippen LogP contribution in [-0.4, -0.2) is 35.7 Å². The largest absolute Gasteiger partial charge is 0.477 e. The van der Waals surface area contributed by atoms with Crippen LogP contribution in [0.4, 0.5) is 11.4 Å². The zero-order chi connectivity index (χ0) is 23.5. The number of carbonyl (C=O) groups excluding carboxylic acids is 1. The summed E-state index contributed by atoms with van der Waals surface area (Å²) in [5, 5.41) is 15.5. The number of carbonyl (C=O) groups is 1. The van der Waals surface area contributed by atoms with Crippen LogP contribution in [0.3, 0.4) is 0 Å². The zero-order valence-electron chi connectivity index (χ0n) is 18.4. The standard InChI is InChI=1S/C23H25ClN4O4/c1-5-27-20-11-18(24)16(10-17(20)15(2)12-23(27,3)4)13-25-26-22(29)14-32-21-9-7-6-8-19(21)28(30)31/h6-13H,5,14H2,1-4H3,(H,26,29)/b25-13+. The zero-order valence-corrected chi connectivity index (χ0v) is 19.1. The number of likely N-dealkylation sites (N-methyl/N-ethyl adjacent to an activating group) is 1. The van der Waals surface area contributed by atoms with Crippen LogP contribution in [0, 0.1) is 10.1 Å². The Kier molecular flexibility index (Phi) is 6.84. The van der Waals surface area contributed by atoms with Crippen LogP contribution < -0.4 is 15.1 Å². The Bertz CT molecular complexity index is 1110. The van der Waals surface area contributed by atoms with Crippen LogP contribution in [0.15, 0.2) is 47.6 Å². The predicted molar refractivity (Wildman–Crippen MR) is 127 cm³/mol. The van der Waals surface area contributed by atoms with E-state index in [0.717, 1.165) is 23.4 Å². The number of hydrogen-bond donors (Lipinski definition) is 1. The van der Waals surface area contributed by atoms with Gasteiger partial charge in [0.2, 0.25) is 0 Å². The van der Waals surface area contributed by atoms with Gasteiger partial charge in [0.25, 0.3) is 5.91 Å². The van der Waals surface area contributed by atoms with Crippen molar-refractivity contribution in [3.05, 3.63) is 68.7 Å². The molecule has 0 atom stereocenters. The van der Waals surface area contributed by atoms with E-state index < -0.39 is 17.4 Å². The number of para-hydroxylation sites is 2. The van der Waals surface area contributed by atoms with Crippen molar-refractivity contribution >= 4 is 40.7 Å². The topological polar surface area (TPSA) is 97.1 Å². The number of allylic oxidation sites excluding steroid dienone is 1. The number of amides is 1. The predicted octanol–water partition coefficient (Wildman–Crippen LogP) is 4.80. The summed E-state index contributed by atoms with van der Waals surface area (Å²) in [6.45, 7) is 8.91. The number of halogens is 1. The van der Waals surface area contributed by atoms with Gasteiger partial charge in [0.05, 0.1) is 21.7 Å². The number of benzene rings is 2. The van der Waals surface area contributed by atoms with E-state index in [1.54, 1.807) is 6.07 Å². The Morgan fingerprint density at radius 2 is 2.06 bits per heavy atom. The molecule has 0 fully saturated rings. The summed E-state index contributed by atoms with van der Waals surface area (Å²) in [5.74, 6) is -0.538. The molecule has 9 heteroatoms. The molecule has 1 aliphatic rings. The minimum absolute atomic E-state index is 0.0139. The van der Waals surface area contributed by atoms with Gasteiger partial charge in [-0.2, -0.15) is 5.10 Å². The molecule has 1 amide bonds. The molecule has 2 aromatic rings. The van der Waals surface area contributed by atoms with Gasteiger partial charge in [0.15, 0.2) is 12.4 Å². The highest BCUT2D eigenvalue weighted by Gasteiger charge is 2.30. The molecule has 2 aromatic carbocycles. The van der Waals surface area contributed by atoms with E-state index >= 15 is 0 Å². The monoisotopic (exact) mass is 456 g/mol. The minimum Gasteiger partial charge on any atom is -0.477 e. The number of rotatable bonds is 7. The molecule has 3 rings (SSSR count). The normalized spacial score (nSPS) is 14.7. The lowest BCUT2D eigenvalue weighted by molar-refractivity contribution is -0.385. The van der Waals surface area contributed by atoms with Gasteiger partial charge < -0.3 is 9.64 Å². The van der Waals surface area contributed by atoms with Gasteiger partial charge in [0.1, 0.15) is 0 Å². The SMILES string of the molecule is CCN1c2cc(Cl)c(/C=N/NC(=O)COc3ccccc3[N+](=O)[O-])cc2C(C)=CC1(C)C. The van der Waals surface area contributed by atoms with Crippen LogP contribution in [-0.2, 0) is 4.79 Å². The highest BCUT2D eigenvalue weighted by molar-refractivity contribution is 6.33. The van der Waals surface area contributed by atoms with E-state index in [1.807, 2.05) is 12.1 Å². The summed E-state index contributed by atoms with van der Waals surface area (Å²) < 4.78 is 5.25. The van der Waals surface area contributed by atoms with Gasteiger partial charge in [-0.15, -0.1) is 0 Å². The van der Waals surface area contributed by atoms with Crippen molar-refractivity contribution in [3.8, 4) is 5.75 Å². The smallest absolute Gasteiger partial charge is 0.310 e. The number of nitrogens with one attached hydrogen (secondary N) is 1. The lowest BCUT2D eigenvalue weighted by Crippen LogP contribution is -2.44. The second-order valence-electron chi connectivity index (χ2n) is 7.92. The molecule has 0 radical (unpaired) electrons. The Morgan fingerprint density at radius 3 is 2.75 bits per heavy atom. The van der Waals surface area contributed by atoms with E-state index in [2.05, 4.69) is 49.2 Å². The number of anilines is 1. The molecule has 168 valence electrons. The average molecular weight is 457 g/mol. The van der Waals surface area contributed by atoms with Crippen molar-refractivity contribution in [2.24, 2.45) is 5.10 Å². The van der Waals surface area contributed by atoms with Gasteiger partial charge in [-0.05, 0) is 51.5 Å². The van der Waals surface area contributed by atoms with Crippen molar-refractivity contribution in [1.82, 2.24) is 5.43 Å². The Labute approximate surface area is 191 Å². The number of hydrogen-bond acceptors (Lipinski definition) is 6. The summed E-state index contributed by atoms with van der Waals surface area (Å²) in [6, 6.07) is 9.71. The molecule has 1 heterocycles. The fourth-order valence-corrected chi connectivity index (χ4v) is 4.08. The van der Waals surface area contributed by atoms with Gasteiger partial charge >= 0.3 is 5.69 Å². The van der Waals surface area contributed by atoms with Gasteiger partial charge in [0, 0.05) is 29.4 Å². The molecule has 0 unspecified atom stereocenters. The summed E-state index contributed by atoms with van der Waals surface area (Å²) in [4.78, 5) is 24.8. The number of hydrazone groups is 1. The highest BCUT2D eigenvalue weighted by Crippen LogP contribution is 2.40. The molecule has 1 N–H and O–H groups in total. The third-order valence-electron chi connectivity index (χ3n) is 5.23. The van der Waals surface area contributed by atoms with Crippen molar-refractivity contribution in [2.45, 2.75) is 33.2 Å². The summed E-state index contributed by atoms with van der Waals surface area (Å²) in [6.07, 6.45) is 3.68. The maximum atomic E-state index is 12.0. The van der Waals surface area contributed by atoms with Crippen molar-refractivity contribution in [1.29, 1.82) is 0 Å². The molecular weight excluding hydrogens is 432 g/mol. The second-order valence-corrected chi connectivity index (χ2v) is 8.33. The lowest BCUT2D eigenvalue weighted by atomic mass is 9.88. The van der Waals surface area contributed by atoms with E-state index in [4.69, 9.17) is 16.3 Å². The molecule has 0 saturated carbocycles. The number of ether oxygens (including phenoxy) is 1. The number of fused-ring (bicyclic) bond motifs is 1. The molecule has 0 aliphatic carbocycles. The number of nitro benzene ring substituents is 1. The van der Waals surface area contributed by atoms with Crippen molar-refractivity contribution in [3.63, 3.8) is 0 Å². The molecule has 0 aromatic heterocycles. The van der Waals surface area contributed by atoms with Gasteiger partial charge in [-0.25, -0.2) is 5.43 Å². The summed E-state index contributed by atoms with van der Waals surface area (Å²) in [5.41, 5.74) is 5.94. The molecular formula is C23H25ClN4O4. The first kappa shape index (κ1) is 23.3. The molecule has 0 saturated heterocycles. The van der Waals surface area contributed by atoms with E-state index in [9.17, 15) is 14.9 Å². The maximum absolute atomic E-state index is 12.0. The quantitative estimate of drug-likeness (QED) is 0.366. The number of nitro groups is 1. The lowest BCUT2D eigenvalue weighted by Gasteiger charge is -2.43. The Balaban J connectivity index is 1.69. The third kappa shape index (κ3) is 4.91. The van der Waals surface area contributed by atoms with Crippen LogP contribution in [0.1, 0.15) is 38.8 Å². The van der Waals surface area contributed by atoms with Crippen molar-refractivity contribution < 1.29 is 14.5 Å². The van der Waals surface area contributed by atoms with Gasteiger partial charge in [-0.1, -0.05) is 29.8 Å². The van der Waals surface area contributed by atoms with Gasteiger partial charge in [-0.3, -0.25) is 14.9 Å².